The highest BCUT2D eigenvalue weighted by Gasteiger charge is 2.24. The van der Waals surface area contributed by atoms with E-state index in [0.29, 0.717) is 24.2 Å². The minimum Gasteiger partial charge on any atom is -0.456 e. The highest BCUT2D eigenvalue weighted by atomic mass is 79.9. The number of aromatic amines is 3. The number of hydrogen-bond acceptors (Lipinski definition) is 4. The third-order valence-corrected chi connectivity index (χ3v) is 10.5. The van der Waals surface area contributed by atoms with Gasteiger partial charge in [0.1, 0.15) is 24.6 Å². The number of halogens is 2. The van der Waals surface area contributed by atoms with Crippen molar-refractivity contribution in [2.45, 2.75) is 66.6 Å². The number of ether oxygens (including phenoxy) is 2. The summed E-state index contributed by atoms with van der Waals surface area (Å²) in [5, 5.41) is 0. The number of rotatable bonds is 12. The van der Waals surface area contributed by atoms with E-state index in [1.807, 2.05) is 74.5 Å². The van der Waals surface area contributed by atoms with Crippen LogP contribution in [0.1, 0.15) is 91.0 Å². The van der Waals surface area contributed by atoms with Gasteiger partial charge in [0.25, 0.3) is 0 Å². The predicted molar refractivity (Wildman–Crippen MR) is 183 cm³/mol. The van der Waals surface area contributed by atoms with Crippen LogP contribution >= 0.6 is 31.9 Å². The van der Waals surface area contributed by atoms with E-state index >= 15 is 0 Å². The molecule has 9 heteroatoms. The fourth-order valence-corrected chi connectivity index (χ4v) is 6.76. The van der Waals surface area contributed by atoms with Crippen LogP contribution in [-0.4, -0.2) is 26.9 Å². The van der Waals surface area contributed by atoms with Crippen molar-refractivity contribution in [3.8, 4) is 0 Å². The van der Waals surface area contributed by atoms with Crippen LogP contribution in [0.5, 0.6) is 0 Å². The second-order valence-corrected chi connectivity index (χ2v) is 12.6. The molecule has 0 aliphatic rings. The molecule has 0 saturated heterocycles. The molecule has 0 unspecified atom stereocenters. The van der Waals surface area contributed by atoms with Gasteiger partial charge >= 0.3 is 11.9 Å². The van der Waals surface area contributed by atoms with Crippen molar-refractivity contribution < 1.29 is 19.1 Å². The molecule has 5 aromatic rings. The molecule has 0 atom stereocenters. The Kier molecular flexibility index (Phi) is 10.5. The van der Waals surface area contributed by atoms with Gasteiger partial charge in [0.05, 0.1) is 8.95 Å². The van der Waals surface area contributed by atoms with Gasteiger partial charge in [0.2, 0.25) is 0 Å². The molecular formula is C36H37Br2N3O4. The molecule has 234 valence electrons. The normalized spacial score (nSPS) is 11.2. The highest BCUT2D eigenvalue weighted by molar-refractivity contribution is 9.13. The molecule has 3 aromatic heterocycles. The number of benzene rings is 2. The van der Waals surface area contributed by atoms with Gasteiger partial charge in [0.15, 0.2) is 0 Å². The monoisotopic (exact) mass is 733 g/mol. The van der Waals surface area contributed by atoms with Gasteiger partial charge in [-0.3, -0.25) is 0 Å². The van der Waals surface area contributed by atoms with E-state index in [1.54, 1.807) is 0 Å². The molecule has 0 aliphatic carbocycles. The zero-order valence-corrected chi connectivity index (χ0v) is 29.1. The second-order valence-electron chi connectivity index (χ2n) is 11.1. The summed E-state index contributed by atoms with van der Waals surface area (Å²) in [5.74, 6) is -0.728. The fraction of sp³-hybridized carbons (Fsp3) is 0.278. The summed E-state index contributed by atoms with van der Waals surface area (Å²) in [5.41, 5.74) is 10.8. The van der Waals surface area contributed by atoms with Crippen molar-refractivity contribution in [3.63, 3.8) is 0 Å². The third kappa shape index (κ3) is 7.20. The van der Waals surface area contributed by atoms with Gasteiger partial charge in [-0.25, -0.2) is 9.59 Å². The third-order valence-electron chi connectivity index (χ3n) is 8.21. The smallest absolute Gasteiger partial charge is 0.355 e. The Morgan fingerprint density at radius 2 is 0.978 bits per heavy atom. The van der Waals surface area contributed by atoms with Crippen LogP contribution < -0.4 is 0 Å². The Morgan fingerprint density at radius 1 is 0.600 bits per heavy atom. The molecule has 0 radical (unpaired) electrons. The quantitative estimate of drug-likeness (QED) is 0.112. The first-order valence-electron chi connectivity index (χ1n) is 15.1. The SMILES string of the molecule is CCc1c(Cc2[nH]c(Cc3[nH]c(C(=O)OCc4ccccc4)c(C)c3CC)c(Br)c2Br)[nH]c(C(=O)OCc2ccccc2)c1C. The maximum Gasteiger partial charge on any atom is 0.355 e. The predicted octanol–water partition coefficient (Wildman–Crippen LogP) is 8.83. The molecule has 2 aromatic carbocycles. The average Bonchev–Trinajstić information content (AvgIpc) is 3.65. The molecule has 5 rings (SSSR count). The topological polar surface area (TPSA) is 100.0 Å². The Bertz CT molecular complexity index is 1670. The largest absolute Gasteiger partial charge is 0.456 e. The van der Waals surface area contributed by atoms with Crippen LogP contribution in [-0.2, 0) is 48.4 Å². The van der Waals surface area contributed by atoms with Crippen molar-refractivity contribution in [1.82, 2.24) is 15.0 Å². The number of nitrogens with one attached hydrogen (secondary N) is 3. The minimum absolute atomic E-state index is 0.220. The average molecular weight is 736 g/mol. The molecule has 7 nitrogen and oxygen atoms in total. The van der Waals surface area contributed by atoms with Gasteiger partial charge in [0, 0.05) is 35.6 Å². The highest BCUT2D eigenvalue weighted by Crippen LogP contribution is 2.35. The van der Waals surface area contributed by atoms with E-state index in [1.165, 1.54) is 0 Å². The van der Waals surface area contributed by atoms with Crippen LogP contribution in [0.4, 0.5) is 0 Å². The van der Waals surface area contributed by atoms with Crippen LogP contribution in [0, 0.1) is 13.8 Å². The minimum atomic E-state index is -0.364. The number of esters is 2. The van der Waals surface area contributed by atoms with E-state index in [4.69, 9.17) is 9.47 Å². The van der Waals surface area contributed by atoms with Gasteiger partial charge in [-0.2, -0.15) is 0 Å². The van der Waals surface area contributed by atoms with Crippen molar-refractivity contribution in [2.75, 3.05) is 0 Å². The standard InChI is InChI=1S/C36H37Br2N3O4/c1-5-25-21(3)33(35(42)44-19-23-13-9-7-10-14-23)40-27(25)17-29-31(37)32(38)30(39-29)18-28-26(6-2)22(4)34(41-28)36(43)45-20-24-15-11-8-12-16-24/h7-16,39-41H,5-6,17-20H2,1-4H3. The van der Waals surface area contributed by atoms with Crippen molar-refractivity contribution in [1.29, 1.82) is 0 Å². The lowest BCUT2D eigenvalue weighted by atomic mass is 10.0. The number of hydrogen-bond donors (Lipinski definition) is 3. The first-order valence-corrected chi connectivity index (χ1v) is 16.7. The molecule has 0 fully saturated rings. The molecule has 0 spiro atoms. The van der Waals surface area contributed by atoms with Crippen LogP contribution in [0.25, 0.3) is 0 Å². The van der Waals surface area contributed by atoms with Crippen molar-refractivity contribution in [2.24, 2.45) is 0 Å². The Balaban J connectivity index is 1.34. The summed E-state index contributed by atoms with van der Waals surface area (Å²) < 4.78 is 13.1. The summed E-state index contributed by atoms with van der Waals surface area (Å²) in [4.78, 5) is 36.4. The Labute approximate surface area is 280 Å². The van der Waals surface area contributed by atoms with Gasteiger partial charge in [-0.15, -0.1) is 0 Å². The lowest BCUT2D eigenvalue weighted by Crippen LogP contribution is -2.07. The molecule has 0 amide bonds. The van der Waals surface area contributed by atoms with Crippen molar-refractivity contribution in [3.05, 3.63) is 137 Å². The molecule has 0 bridgehead atoms. The van der Waals surface area contributed by atoms with E-state index in [-0.39, 0.29) is 25.2 Å². The molecule has 45 heavy (non-hydrogen) atoms. The molecule has 3 heterocycles. The first kappa shape index (κ1) is 32.6. The van der Waals surface area contributed by atoms with E-state index < -0.39 is 0 Å². The maximum atomic E-state index is 13.0. The number of H-pyrrole nitrogens is 3. The number of carbonyl (C=O) groups is 2. The van der Waals surface area contributed by atoms with Crippen LogP contribution in [0.2, 0.25) is 0 Å². The van der Waals surface area contributed by atoms with E-state index in [0.717, 1.165) is 77.9 Å². The van der Waals surface area contributed by atoms with Crippen molar-refractivity contribution >= 4 is 43.8 Å². The van der Waals surface area contributed by atoms with Crippen LogP contribution in [0.15, 0.2) is 69.6 Å². The summed E-state index contributed by atoms with van der Waals surface area (Å²) in [6.07, 6.45) is 2.69. The molecular weight excluding hydrogens is 698 g/mol. The number of carbonyl (C=O) groups excluding carboxylic acids is 2. The zero-order chi connectivity index (χ0) is 32.1. The number of aromatic nitrogens is 3. The van der Waals surface area contributed by atoms with Gasteiger partial charge in [-0.05, 0) is 91.9 Å². The Morgan fingerprint density at radius 3 is 1.33 bits per heavy atom. The Hall–Kier alpha value is -3.82. The van der Waals surface area contributed by atoms with E-state index in [2.05, 4.69) is 60.7 Å². The molecule has 0 saturated carbocycles. The van der Waals surface area contributed by atoms with E-state index in [9.17, 15) is 9.59 Å². The first-order chi connectivity index (χ1) is 21.7. The maximum absolute atomic E-state index is 13.0. The lowest BCUT2D eigenvalue weighted by molar-refractivity contribution is 0.0457. The summed E-state index contributed by atoms with van der Waals surface area (Å²) >= 11 is 7.55. The van der Waals surface area contributed by atoms with Crippen LogP contribution in [0.3, 0.4) is 0 Å². The lowest BCUT2D eigenvalue weighted by Gasteiger charge is -2.04. The molecule has 0 aliphatic heterocycles. The zero-order valence-electron chi connectivity index (χ0n) is 25.9. The summed E-state index contributed by atoms with van der Waals surface area (Å²) in [6.45, 7) is 8.55. The molecule has 3 N–H and O–H groups in total. The fourth-order valence-electron chi connectivity index (χ4n) is 5.81. The second kappa shape index (κ2) is 14.5. The van der Waals surface area contributed by atoms with Gasteiger partial charge in [-0.1, -0.05) is 74.5 Å². The van der Waals surface area contributed by atoms with Gasteiger partial charge < -0.3 is 24.4 Å². The summed E-state index contributed by atoms with van der Waals surface area (Å²) in [6, 6.07) is 19.3. The summed E-state index contributed by atoms with van der Waals surface area (Å²) in [7, 11) is 0.